The highest BCUT2D eigenvalue weighted by molar-refractivity contribution is 8.00. The number of carbonyl (C=O) groups excluding carboxylic acids is 1. The third-order valence-electron chi connectivity index (χ3n) is 5.86. The van der Waals surface area contributed by atoms with Crippen LogP contribution in [0.25, 0.3) is 22.4 Å². The van der Waals surface area contributed by atoms with Crippen LogP contribution >= 0.6 is 11.8 Å². The highest BCUT2D eigenvalue weighted by atomic mass is 32.2. The van der Waals surface area contributed by atoms with Gasteiger partial charge in [0.1, 0.15) is 11.1 Å². The van der Waals surface area contributed by atoms with Gasteiger partial charge in [-0.1, -0.05) is 78.0 Å². The lowest BCUT2D eigenvalue weighted by molar-refractivity contribution is -0.385. The summed E-state index contributed by atoms with van der Waals surface area (Å²) in [6.07, 6.45) is 0. The Morgan fingerprint density at radius 2 is 1.73 bits per heavy atom. The smallest absolute Gasteiger partial charge is 0.274 e. The van der Waals surface area contributed by atoms with Crippen LogP contribution in [0.3, 0.4) is 0 Å². The van der Waals surface area contributed by atoms with Gasteiger partial charge in [-0.2, -0.15) is 5.26 Å². The van der Waals surface area contributed by atoms with E-state index in [2.05, 4.69) is 11.4 Å². The number of carbonyl (C=O) groups is 1. The van der Waals surface area contributed by atoms with Gasteiger partial charge < -0.3 is 5.32 Å². The second kappa shape index (κ2) is 11.1. The molecular formula is C29H24N4O3S. The summed E-state index contributed by atoms with van der Waals surface area (Å²) >= 11 is 1.18. The number of nitrogens with zero attached hydrogens (tertiary/aromatic N) is 3. The van der Waals surface area contributed by atoms with Gasteiger partial charge in [-0.3, -0.25) is 14.9 Å². The van der Waals surface area contributed by atoms with Crippen molar-refractivity contribution in [1.82, 2.24) is 4.98 Å². The Labute approximate surface area is 219 Å². The summed E-state index contributed by atoms with van der Waals surface area (Å²) in [5.74, 6) is -0.351. The first-order chi connectivity index (χ1) is 17.8. The zero-order valence-corrected chi connectivity index (χ0v) is 21.4. The zero-order valence-electron chi connectivity index (χ0n) is 20.6. The van der Waals surface area contributed by atoms with Crippen molar-refractivity contribution < 1.29 is 9.72 Å². The van der Waals surface area contributed by atoms with Crippen LogP contribution in [0.5, 0.6) is 0 Å². The lowest BCUT2D eigenvalue weighted by atomic mass is 9.99. The number of nitro benzene ring substituents is 1. The molecule has 1 aromatic heterocycles. The number of anilines is 1. The molecule has 0 fully saturated rings. The number of nitriles is 1. The molecule has 0 aliphatic heterocycles. The van der Waals surface area contributed by atoms with Crippen LogP contribution in [0, 0.1) is 35.3 Å². The van der Waals surface area contributed by atoms with E-state index >= 15 is 0 Å². The molecule has 4 rings (SSSR count). The molecule has 4 aromatic rings. The number of amides is 1. The fourth-order valence-corrected chi connectivity index (χ4v) is 4.71. The average molecular weight is 509 g/mol. The largest absolute Gasteiger partial charge is 0.325 e. The lowest BCUT2D eigenvalue weighted by Crippen LogP contribution is -2.22. The summed E-state index contributed by atoms with van der Waals surface area (Å²) in [4.78, 5) is 28.6. The van der Waals surface area contributed by atoms with Crippen molar-refractivity contribution in [2.75, 3.05) is 5.32 Å². The van der Waals surface area contributed by atoms with Gasteiger partial charge in [-0.25, -0.2) is 4.98 Å². The molecule has 0 bridgehead atoms. The van der Waals surface area contributed by atoms with E-state index in [9.17, 15) is 20.2 Å². The molecule has 1 atom stereocenters. The van der Waals surface area contributed by atoms with Crippen molar-refractivity contribution >= 4 is 29.0 Å². The number of aromatic nitrogens is 1. The summed E-state index contributed by atoms with van der Waals surface area (Å²) in [5.41, 5.74) is 5.50. The number of thioether (sulfide) groups is 1. The summed E-state index contributed by atoms with van der Waals surface area (Å²) < 4.78 is 0. The number of hydrogen-bond donors (Lipinski definition) is 1. The molecular weight excluding hydrogens is 484 g/mol. The van der Waals surface area contributed by atoms with E-state index in [0.29, 0.717) is 27.5 Å². The number of nitrogens with one attached hydrogen (secondary N) is 1. The SMILES string of the molecule is Cc1ccc(-c2cc(-c3ccccc3)c(C#N)c(SC(C)C(=O)Nc3ccc(C)c([N+](=O)[O-])c3)n2)cc1. The third-order valence-corrected chi connectivity index (χ3v) is 6.95. The summed E-state index contributed by atoms with van der Waals surface area (Å²) in [5, 5.41) is 23.9. The van der Waals surface area contributed by atoms with Crippen LogP contribution in [0.4, 0.5) is 11.4 Å². The molecule has 1 unspecified atom stereocenters. The number of hydrogen-bond acceptors (Lipinski definition) is 6. The predicted octanol–water partition coefficient (Wildman–Crippen LogP) is 6.93. The maximum atomic E-state index is 13.0. The number of nitro groups is 1. The second-order valence-corrected chi connectivity index (χ2v) is 9.92. The van der Waals surface area contributed by atoms with Gasteiger partial charge in [0.2, 0.25) is 5.91 Å². The number of pyridine rings is 1. The molecule has 1 heterocycles. The number of rotatable bonds is 7. The molecule has 37 heavy (non-hydrogen) atoms. The van der Waals surface area contributed by atoms with Gasteiger partial charge in [0.05, 0.1) is 21.4 Å². The maximum Gasteiger partial charge on any atom is 0.274 e. The first kappa shape index (κ1) is 25.6. The predicted molar refractivity (Wildman–Crippen MR) is 146 cm³/mol. The molecule has 8 heteroatoms. The van der Waals surface area contributed by atoms with Crippen molar-refractivity contribution in [2.24, 2.45) is 0 Å². The molecule has 1 amide bonds. The minimum Gasteiger partial charge on any atom is -0.325 e. The van der Waals surface area contributed by atoms with E-state index in [1.807, 2.05) is 67.6 Å². The van der Waals surface area contributed by atoms with E-state index in [1.54, 1.807) is 26.0 Å². The van der Waals surface area contributed by atoms with Crippen LogP contribution in [-0.2, 0) is 4.79 Å². The van der Waals surface area contributed by atoms with Gasteiger partial charge in [0, 0.05) is 28.4 Å². The first-order valence-electron chi connectivity index (χ1n) is 11.6. The molecule has 0 saturated heterocycles. The minimum absolute atomic E-state index is 0.0650. The standard InChI is InChI=1S/C29H24N4O3S/c1-18-9-12-22(13-10-18)26-16-24(21-7-5-4-6-8-21)25(17-30)29(32-26)37-20(3)28(34)31-23-14-11-19(2)27(15-23)33(35)36/h4-16,20H,1-3H3,(H,31,34). The third kappa shape index (κ3) is 5.85. The monoisotopic (exact) mass is 508 g/mol. The molecule has 7 nitrogen and oxygen atoms in total. The van der Waals surface area contributed by atoms with E-state index in [0.717, 1.165) is 22.3 Å². The normalized spacial score (nSPS) is 11.4. The van der Waals surface area contributed by atoms with Crippen molar-refractivity contribution in [3.8, 4) is 28.5 Å². The van der Waals surface area contributed by atoms with Gasteiger partial charge >= 0.3 is 0 Å². The highest BCUT2D eigenvalue weighted by Crippen LogP contribution is 2.36. The van der Waals surface area contributed by atoms with Gasteiger partial charge in [-0.15, -0.1) is 0 Å². The fraction of sp³-hybridized carbons (Fsp3) is 0.138. The van der Waals surface area contributed by atoms with Gasteiger partial charge in [0.15, 0.2) is 0 Å². The van der Waals surface area contributed by atoms with Crippen LogP contribution < -0.4 is 5.32 Å². The summed E-state index contributed by atoms with van der Waals surface area (Å²) in [6.45, 7) is 5.37. The van der Waals surface area contributed by atoms with Crippen LogP contribution in [0.1, 0.15) is 23.6 Å². The minimum atomic E-state index is -0.628. The molecule has 0 radical (unpaired) electrons. The topological polar surface area (TPSA) is 109 Å². The van der Waals surface area contributed by atoms with E-state index < -0.39 is 10.2 Å². The molecule has 3 aromatic carbocycles. The molecule has 0 spiro atoms. The average Bonchev–Trinajstić information content (AvgIpc) is 2.90. The van der Waals surface area contributed by atoms with Crippen molar-refractivity contribution in [3.05, 3.63) is 106 Å². The van der Waals surface area contributed by atoms with Crippen molar-refractivity contribution in [1.29, 1.82) is 5.26 Å². The summed E-state index contributed by atoms with van der Waals surface area (Å²) in [7, 11) is 0. The Morgan fingerprint density at radius 3 is 2.38 bits per heavy atom. The van der Waals surface area contributed by atoms with Crippen LogP contribution in [0.2, 0.25) is 0 Å². The molecule has 0 aliphatic rings. The Hall–Kier alpha value is -4.48. The molecule has 184 valence electrons. The fourth-order valence-electron chi connectivity index (χ4n) is 3.78. The van der Waals surface area contributed by atoms with Crippen molar-refractivity contribution in [3.63, 3.8) is 0 Å². The molecule has 0 aliphatic carbocycles. The Balaban J connectivity index is 1.70. The van der Waals surface area contributed by atoms with E-state index in [1.165, 1.54) is 17.8 Å². The Morgan fingerprint density at radius 1 is 1.03 bits per heavy atom. The maximum absolute atomic E-state index is 13.0. The first-order valence-corrected chi connectivity index (χ1v) is 12.4. The lowest BCUT2D eigenvalue weighted by Gasteiger charge is -2.16. The summed E-state index contributed by atoms with van der Waals surface area (Å²) in [6, 6.07) is 26.3. The quantitative estimate of drug-likeness (QED) is 0.165. The second-order valence-electron chi connectivity index (χ2n) is 8.59. The zero-order chi connectivity index (χ0) is 26.5. The van der Waals surface area contributed by atoms with Crippen LogP contribution in [0.15, 0.2) is 83.9 Å². The Kier molecular flexibility index (Phi) is 7.66. The Bertz CT molecular complexity index is 1510. The van der Waals surface area contributed by atoms with E-state index in [-0.39, 0.29) is 11.6 Å². The number of aryl methyl sites for hydroxylation is 2. The molecule has 1 N–H and O–H groups in total. The number of benzene rings is 3. The van der Waals surface area contributed by atoms with E-state index in [4.69, 9.17) is 4.98 Å². The highest BCUT2D eigenvalue weighted by Gasteiger charge is 2.22. The van der Waals surface area contributed by atoms with Gasteiger partial charge in [-0.05, 0) is 38.5 Å². The molecule has 0 saturated carbocycles. The van der Waals surface area contributed by atoms with Gasteiger partial charge in [0.25, 0.3) is 5.69 Å². The van der Waals surface area contributed by atoms with Crippen LogP contribution in [-0.4, -0.2) is 21.1 Å². The van der Waals surface area contributed by atoms with Crippen molar-refractivity contribution in [2.45, 2.75) is 31.0 Å².